The molecule has 1 heterocycles. The maximum atomic E-state index is 11.9. The Morgan fingerprint density at radius 3 is 2.78 bits per heavy atom. The number of carbonyl (C=O) groups excluding carboxylic acids is 1. The molecular weight excluding hydrogens is 276 g/mol. The zero-order valence-corrected chi connectivity index (χ0v) is 12.3. The number of sulfonamides is 1. The summed E-state index contributed by atoms with van der Waals surface area (Å²) in [5.74, 6) is 0.672. The number of nitrogens with one attached hydrogen (secondary N) is 1. The number of piperidine rings is 1. The van der Waals surface area contributed by atoms with Gasteiger partial charge in [0.2, 0.25) is 15.9 Å². The number of likely N-dealkylation sites (tertiary alicyclic amines) is 1. The topological polar surface area (TPSA) is 66.5 Å². The molecule has 0 spiro atoms. The molecule has 1 atom stereocenters. The number of halogens is 1. The average molecular weight is 297 g/mol. The number of hydrogen-bond acceptors (Lipinski definition) is 3. The van der Waals surface area contributed by atoms with Crippen LogP contribution in [-0.4, -0.2) is 50.5 Å². The molecule has 0 aromatic rings. The van der Waals surface area contributed by atoms with E-state index in [4.69, 9.17) is 11.6 Å². The Hall–Kier alpha value is -0.330. The Kier molecular flexibility index (Phi) is 6.38. The summed E-state index contributed by atoms with van der Waals surface area (Å²) in [7, 11) is -3.20. The molecule has 1 unspecified atom stereocenters. The predicted molar refractivity (Wildman–Crippen MR) is 72.2 cm³/mol. The molecule has 0 radical (unpaired) electrons. The number of nitrogens with zero attached hydrogens (tertiary/aromatic N) is 1. The van der Waals surface area contributed by atoms with Crippen LogP contribution in [0.25, 0.3) is 0 Å². The molecule has 0 saturated carbocycles. The standard InChI is InChI=1S/C11H21ClN2O3S/c1-18(16,17)13-10-5-4-8-14(9-10)11(15)6-2-3-7-12/h10,13H,2-9H2,1H3. The molecule has 0 aliphatic carbocycles. The van der Waals surface area contributed by atoms with Gasteiger partial charge in [0, 0.05) is 31.4 Å². The van der Waals surface area contributed by atoms with Crippen LogP contribution in [-0.2, 0) is 14.8 Å². The zero-order valence-electron chi connectivity index (χ0n) is 10.7. The fraction of sp³-hybridized carbons (Fsp3) is 0.909. The van der Waals surface area contributed by atoms with Crippen LogP contribution in [0.5, 0.6) is 0 Å². The molecule has 1 rings (SSSR count). The lowest BCUT2D eigenvalue weighted by Crippen LogP contribution is -2.49. The predicted octanol–water partition coefficient (Wildman–Crippen LogP) is 0.936. The van der Waals surface area contributed by atoms with Crippen molar-refractivity contribution >= 4 is 27.5 Å². The van der Waals surface area contributed by atoms with E-state index in [9.17, 15) is 13.2 Å². The minimum atomic E-state index is -3.20. The number of rotatable bonds is 6. The first-order valence-corrected chi connectivity index (χ1v) is 8.66. The van der Waals surface area contributed by atoms with Gasteiger partial charge in [-0.25, -0.2) is 13.1 Å². The smallest absolute Gasteiger partial charge is 0.222 e. The van der Waals surface area contributed by atoms with Crippen LogP contribution in [0.4, 0.5) is 0 Å². The van der Waals surface area contributed by atoms with Gasteiger partial charge < -0.3 is 4.90 Å². The van der Waals surface area contributed by atoms with E-state index in [1.807, 2.05) is 0 Å². The van der Waals surface area contributed by atoms with Crippen LogP contribution in [0, 0.1) is 0 Å². The molecule has 1 amide bonds. The minimum absolute atomic E-state index is 0.0973. The number of hydrogen-bond donors (Lipinski definition) is 1. The van der Waals surface area contributed by atoms with Crippen molar-refractivity contribution < 1.29 is 13.2 Å². The number of amides is 1. The summed E-state index contributed by atoms with van der Waals surface area (Å²) in [5, 5.41) is 0. The second-order valence-corrected chi connectivity index (χ2v) is 6.87. The lowest BCUT2D eigenvalue weighted by molar-refractivity contribution is -0.132. The molecule has 0 bridgehead atoms. The van der Waals surface area contributed by atoms with E-state index in [0.29, 0.717) is 18.8 Å². The number of alkyl halides is 1. The van der Waals surface area contributed by atoms with E-state index in [2.05, 4.69) is 4.72 Å². The Balaban J connectivity index is 2.40. The molecule has 0 aromatic heterocycles. The molecule has 5 nitrogen and oxygen atoms in total. The molecule has 18 heavy (non-hydrogen) atoms. The molecule has 0 aromatic carbocycles. The van der Waals surface area contributed by atoms with E-state index in [-0.39, 0.29) is 11.9 Å². The third-order valence-electron chi connectivity index (χ3n) is 2.93. The average Bonchev–Trinajstić information content (AvgIpc) is 2.27. The van der Waals surface area contributed by atoms with Crippen LogP contribution >= 0.6 is 11.6 Å². The first-order valence-electron chi connectivity index (χ1n) is 6.23. The van der Waals surface area contributed by atoms with Crippen molar-refractivity contribution in [1.82, 2.24) is 9.62 Å². The minimum Gasteiger partial charge on any atom is -0.341 e. The summed E-state index contributed by atoms with van der Waals surface area (Å²) in [6.45, 7) is 1.20. The van der Waals surface area contributed by atoms with Gasteiger partial charge in [0.15, 0.2) is 0 Å². The van der Waals surface area contributed by atoms with Crippen molar-refractivity contribution in [3.8, 4) is 0 Å². The van der Waals surface area contributed by atoms with Gasteiger partial charge >= 0.3 is 0 Å². The molecule has 1 N–H and O–H groups in total. The zero-order chi connectivity index (χ0) is 13.6. The van der Waals surface area contributed by atoms with Gasteiger partial charge in [-0.1, -0.05) is 0 Å². The second kappa shape index (κ2) is 7.31. The van der Waals surface area contributed by atoms with E-state index in [1.165, 1.54) is 0 Å². The van der Waals surface area contributed by atoms with Crippen LogP contribution in [0.3, 0.4) is 0 Å². The van der Waals surface area contributed by atoms with Crippen LogP contribution < -0.4 is 4.72 Å². The summed E-state index contributed by atoms with van der Waals surface area (Å²) in [6, 6.07) is -0.147. The van der Waals surface area contributed by atoms with E-state index in [0.717, 1.165) is 38.5 Å². The Labute approximate surface area is 114 Å². The number of unbranched alkanes of at least 4 members (excludes halogenated alkanes) is 1. The highest BCUT2D eigenvalue weighted by Crippen LogP contribution is 2.13. The van der Waals surface area contributed by atoms with Crippen LogP contribution in [0.2, 0.25) is 0 Å². The summed E-state index contributed by atoms with van der Waals surface area (Å²) >= 11 is 5.56. The molecule has 106 valence electrons. The highest BCUT2D eigenvalue weighted by molar-refractivity contribution is 7.88. The summed E-state index contributed by atoms with van der Waals surface area (Å²) in [4.78, 5) is 13.6. The molecule has 1 saturated heterocycles. The molecule has 7 heteroatoms. The third-order valence-corrected chi connectivity index (χ3v) is 3.96. The van der Waals surface area contributed by atoms with E-state index >= 15 is 0 Å². The molecular formula is C11H21ClN2O3S. The Bertz CT molecular complexity index is 372. The van der Waals surface area contributed by atoms with Gasteiger partial charge in [-0.2, -0.15) is 0 Å². The maximum Gasteiger partial charge on any atom is 0.222 e. The van der Waals surface area contributed by atoms with Crippen molar-refractivity contribution in [3.63, 3.8) is 0 Å². The molecule has 1 aliphatic rings. The van der Waals surface area contributed by atoms with E-state index in [1.54, 1.807) is 4.90 Å². The lowest BCUT2D eigenvalue weighted by atomic mass is 10.1. The van der Waals surface area contributed by atoms with Gasteiger partial charge in [-0.3, -0.25) is 4.79 Å². The SMILES string of the molecule is CS(=O)(=O)NC1CCCN(C(=O)CCCCCl)C1. The van der Waals surface area contributed by atoms with Gasteiger partial charge in [0.05, 0.1) is 6.26 Å². The number of carbonyl (C=O) groups is 1. The van der Waals surface area contributed by atoms with Crippen molar-refractivity contribution in [2.75, 3.05) is 25.2 Å². The second-order valence-electron chi connectivity index (χ2n) is 4.72. The first kappa shape index (κ1) is 15.7. The summed E-state index contributed by atoms with van der Waals surface area (Å²) in [5.41, 5.74) is 0. The largest absolute Gasteiger partial charge is 0.341 e. The highest BCUT2D eigenvalue weighted by atomic mass is 35.5. The lowest BCUT2D eigenvalue weighted by Gasteiger charge is -2.32. The monoisotopic (exact) mass is 296 g/mol. The van der Waals surface area contributed by atoms with Gasteiger partial charge in [-0.15, -0.1) is 11.6 Å². The van der Waals surface area contributed by atoms with Crippen molar-refractivity contribution in [3.05, 3.63) is 0 Å². The van der Waals surface area contributed by atoms with Gasteiger partial charge in [-0.05, 0) is 25.7 Å². The first-order chi connectivity index (χ1) is 8.42. The third kappa shape index (κ3) is 6.02. The molecule has 1 fully saturated rings. The Morgan fingerprint density at radius 1 is 1.44 bits per heavy atom. The highest BCUT2D eigenvalue weighted by Gasteiger charge is 2.24. The van der Waals surface area contributed by atoms with Crippen LogP contribution in [0.1, 0.15) is 32.1 Å². The summed E-state index contributed by atoms with van der Waals surface area (Å²) in [6.07, 6.45) is 4.91. The molecule has 1 aliphatic heterocycles. The fourth-order valence-corrected chi connectivity index (χ4v) is 3.12. The maximum absolute atomic E-state index is 11.9. The Morgan fingerprint density at radius 2 is 2.17 bits per heavy atom. The van der Waals surface area contributed by atoms with Crippen LogP contribution in [0.15, 0.2) is 0 Å². The van der Waals surface area contributed by atoms with Gasteiger partial charge in [0.25, 0.3) is 0 Å². The van der Waals surface area contributed by atoms with Crippen molar-refractivity contribution in [2.45, 2.75) is 38.1 Å². The quantitative estimate of drug-likeness (QED) is 0.586. The van der Waals surface area contributed by atoms with Gasteiger partial charge in [0.1, 0.15) is 0 Å². The van der Waals surface area contributed by atoms with Crippen molar-refractivity contribution in [2.24, 2.45) is 0 Å². The summed E-state index contributed by atoms with van der Waals surface area (Å²) < 4.78 is 24.9. The van der Waals surface area contributed by atoms with Crippen molar-refractivity contribution in [1.29, 1.82) is 0 Å². The van der Waals surface area contributed by atoms with E-state index < -0.39 is 10.0 Å². The normalized spacial score (nSPS) is 21.0. The fourth-order valence-electron chi connectivity index (χ4n) is 2.13.